The molecular formula is C17H23ClN2O3S. The second kappa shape index (κ2) is 8.62. The van der Waals surface area contributed by atoms with Gasteiger partial charge in [-0.05, 0) is 44.2 Å². The first-order chi connectivity index (χ1) is 11.5. The van der Waals surface area contributed by atoms with E-state index in [0.717, 1.165) is 12.8 Å². The number of amides is 2. The summed E-state index contributed by atoms with van der Waals surface area (Å²) in [5.74, 6) is 0.173. The van der Waals surface area contributed by atoms with E-state index in [1.807, 2.05) is 13.2 Å². The molecule has 0 radical (unpaired) electrons. The second-order valence-electron chi connectivity index (χ2n) is 5.82. The number of methoxy groups -OCH3 is 1. The Labute approximate surface area is 152 Å². The van der Waals surface area contributed by atoms with Gasteiger partial charge in [0, 0.05) is 18.1 Å². The maximum Gasteiger partial charge on any atom is 0.257 e. The first kappa shape index (κ1) is 18.9. The van der Waals surface area contributed by atoms with Crippen LogP contribution in [0, 0.1) is 5.92 Å². The van der Waals surface area contributed by atoms with Gasteiger partial charge in [-0.15, -0.1) is 11.8 Å². The third-order valence-corrected chi connectivity index (χ3v) is 5.23. The van der Waals surface area contributed by atoms with Crippen LogP contribution < -0.4 is 10.1 Å². The molecule has 0 spiro atoms. The Kier molecular flexibility index (Phi) is 6.80. The van der Waals surface area contributed by atoms with Crippen molar-refractivity contribution in [1.82, 2.24) is 10.2 Å². The van der Waals surface area contributed by atoms with Gasteiger partial charge in [0.25, 0.3) is 5.91 Å². The lowest BCUT2D eigenvalue weighted by Crippen LogP contribution is -2.46. The minimum atomic E-state index is -0.178. The van der Waals surface area contributed by atoms with Crippen LogP contribution >= 0.6 is 23.4 Å². The number of rotatable bonds is 5. The number of carbonyl (C=O) groups is 2. The molecule has 132 valence electrons. The summed E-state index contributed by atoms with van der Waals surface area (Å²) in [4.78, 5) is 26.9. The van der Waals surface area contributed by atoms with Gasteiger partial charge in [-0.3, -0.25) is 9.59 Å². The van der Waals surface area contributed by atoms with Gasteiger partial charge in [-0.1, -0.05) is 11.6 Å². The molecule has 1 saturated heterocycles. The Balaban J connectivity index is 2.10. The van der Waals surface area contributed by atoms with Crippen molar-refractivity contribution in [1.29, 1.82) is 0 Å². The Bertz CT molecular complexity index is 611. The van der Waals surface area contributed by atoms with Crippen LogP contribution in [-0.2, 0) is 4.79 Å². The predicted molar refractivity (Wildman–Crippen MR) is 97.8 cm³/mol. The first-order valence-electron chi connectivity index (χ1n) is 7.92. The predicted octanol–water partition coefficient (Wildman–Crippen LogP) is 3.03. The van der Waals surface area contributed by atoms with Crippen molar-refractivity contribution in [3.63, 3.8) is 0 Å². The summed E-state index contributed by atoms with van der Waals surface area (Å²) >= 11 is 7.60. The highest BCUT2D eigenvalue weighted by Crippen LogP contribution is 2.26. The maximum absolute atomic E-state index is 12.8. The molecule has 1 heterocycles. The fourth-order valence-electron chi connectivity index (χ4n) is 2.77. The first-order valence-corrected chi connectivity index (χ1v) is 9.58. The number of hydrogen-bond acceptors (Lipinski definition) is 4. The summed E-state index contributed by atoms with van der Waals surface area (Å²) in [5, 5.41) is 3.52. The molecule has 2 unspecified atom stereocenters. The molecule has 0 saturated carbocycles. The Hall–Kier alpha value is -1.40. The highest BCUT2D eigenvalue weighted by molar-refractivity contribution is 7.99. The van der Waals surface area contributed by atoms with Crippen LogP contribution in [0.25, 0.3) is 0 Å². The number of thioether (sulfide) groups is 1. The number of ether oxygens (including phenoxy) is 1. The van der Waals surface area contributed by atoms with Gasteiger partial charge in [0.15, 0.2) is 0 Å². The number of likely N-dealkylation sites (tertiary alicyclic amines) is 1. The van der Waals surface area contributed by atoms with Crippen LogP contribution in [0.1, 0.15) is 30.1 Å². The molecule has 5 nitrogen and oxygen atoms in total. The molecule has 0 aromatic heterocycles. The summed E-state index contributed by atoms with van der Waals surface area (Å²) in [7, 11) is 1.52. The van der Waals surface area contributed by atoms with E-state index in [2.05, 4.69) is 5.32 Å². The molecule has 1 fully saturated rings. The van der Waals surface area contributed by atoms with E-state index in [-0.39, 0.29) is 23.1 Å². The summed E-state index contributed by atoms with van der Waals surface area (Å²) in [6.07, 6.45) is 3.55. The van der Waals surface area contributed by atoms with Crippen molar-refractivity contribution in [2.45, 2.75) is 25.1 Å². The quantitative estimate of drug-likeness (QED) is 0.809. The van der Waals surface area contributed by atoms with E-state index in [9.17, 15) is 9.59 Å². The topological polar surface area (TPSA) is 58.6 Å². The van der Waals surface area contributed by atoms with Gasteiger partial charge < -0.3 is 15.0 Å². The minimum absolute atomic E-state index is 0.00686. The SMILES string of the molecule is COc1ccc(Cl)cc1C(=O)N1CCCC(C(=O)NC(C)SC)C1. The number of benzene rings is 1. The molecule has 7 heteroatoms. The molecule has 1 aromatic carbocycles. The normalized spacial score (nSPS) is 18.8. The van der Waals surface area contributed by atoms with Crippen molar-refractivity contribution in [2.75, 3.05) is 26.5 Å². The van der Waals surface area contributed by atoms with E-state index in [4.69, 9.17) is 16.3 Å². The Morgan fingerprint density at radius 2 is 2.21 bits per heavy atom. The molecule has 1 aliphatic rings. The standard InChI is InChI=1S/C17H23ClN2O3S/c1-11(24-3)19-16(21)12-5-4-8-20(10-12)17(22)14-9-13(18)6-7-15(14)23-2/h6-7,9,11-12H,4-5,8,10H2,1-3H3,(H,19,21). The van der Waals surface area contributed by atoms with Gasteiger partial charge in [-0.25, -0.2) is 0 Å². The average Bonchev–Trinajstić information content (AvgIpc) is 2.60. The molecule has 0 aliphatic carbocycles. The van der Waals surface area contributed by atoms with Crippen LogP contribution in [-0.4, -0.2) is 48.5 Å². The van der Waals surface area contributed by atoms with E-state index >= 15 is 0 Å². The van der Waals surface area contributed by atoms with Gasteiger partial charge >= 0.3 is 0 Å². The Morgan fingerprint density at radius 1 is 1.46 bits per heavy atom. The number of piperidine rings is 1. The zero-order chi connectivity index (χ0) is 17.7. The zero-order valence-corrected chi connectivity index (χ0v) is 15.7. The molecular weight excluding hydrogens is 348 g/mol. The molecule has 2 amide bonds. The monoisotopic (exact) mass is 370 g/mol. The molecule has 1 aliphatic heterocycles. The third kappa shape index (κ3) is 4.57. The van der Waals surface area contributed by atoms with Gasteiger partial charge in [0.1, 0.15) is 5.75 Å². The van der Waals surface area contributed by atoms with Crippen LogP contribution in [0.2, 0.25) is 5.02 Å². The average molecular weight is 371 g/mol. The van der Waals surface area contributed by atoms with Crippen LogP contribution in [0.3, 0.4) is 0 Å². The molecule has 2 atom stereocenters. The highest BCUT2D eigenvalue weighted by Gasteiger charge is 2.30. The van der Waals surface area contributed by atoms with Crippen molar-refractivity contribution in [3.05, 3.63) is 28.8 Å². The fraction of sp³-hybridized carbons (Fsp3) is 0.529. The number of nitrogens with one attached hydrogen (secondary N) is 1. The van der Waals surface area contributed by atoms with Crippen LogP contribution in [0.4, 0.5) is 0 Å². The van der Waals surface area contributed by atoms with Gasteiger partial charge in [0.05, 0.1) is 24.0 Å². The summed E-state index contributed by atoms with van der Waals surface area (Å²) < 4.78 is 5.27. The van der Waals surface area contributed by atoms with Crippen molar-refractivity contribution in [2.24, 2.45) is 5.92 Å². The number of carbonyl (C=O) groups excluding carboxylic acids is 2. The third-order valence-electron chi connectivity index (χ3n) is 4.17. The summed E-state index contributed by atoms with van der Waals surface area (Å²) in [6, 6.07) is 4.99. The largest absolute Gasteiger partial charge is 0.496 e. The number of hydrogen-bond donors (Lipinski definition) is 1. The second-order valence-corrected chi connectivity index (χ2v) is 7.44. The number of nitrogens with zero attached hydrogens (tertiary/aromatic N) is 1. The highest BCUT2D eigenvalue weighted by atomic mass is 35.5. The van der Waals surface area contributed by atoms with Crippen molar-refractivity contribution < 1.29 is 14.3 Å². The van der Waals surface area contributed by atoms with E-state index in [1.165, 1.54) is 7.11 Å². The van der Waals surface area contributed by atoms with Crippen molar-refractivity contribution in [3.8, 4) is 5.75 Å². The maximum atomic E-state index is 12.8. The van der Waals surface area contributed by atoms with Gasteiger partial charge in [0.2, 0.25) is 5.91 Å². The lowest BCUT2D eigenvalue weighted by atomic mass is 9.96. The summed E-state index contributed by atoms with van der Waals surface area (Å²) in [6.45, 7) is 3.00. The smallest absolute Gasteiger partial charge is 0.257 e. The molecule has 1 aromatic rings. The van der Waals surface area contributed by atoms with Crippen molar-refractivity contribution >= 4 is 35.2 Å². The molecule has 24 heavy (non-hydrogen) atoms. The lowest BCUT2D eigenvalue weighted by Gasteiger charge is -2.33. The minimum Gasteiger partial charge on any atom is -0.496 e. The molecule has 0 bridgehead atoms. The fourth-order valence-corrected chi connectivity index (χ4v) is 3.18. The van der Waals surface area contributed by atoms with Crippen LogP contribution in [0.5, 0.6) is 5.75 Å². The van der Waals surface area contributed by atoms with Gasteiger partial charge in [-0.2, -0.15) is 0 Å². The lowest BCUT2D eigenvalue weighted by molar-refractivity contribution is -0.126. The van der Waals surface area contributed by atoms with E-state index in [1.54, 1.807) is 34.9 Å². The number of halogens is 1. The molecule has 2 rings (SSSR count). The Morgan fingerprint density at radius 3 is 2.88 bits per heavy atom. The molecule has 1 N–H and O–H groups in total. The van der Waals surface area contributed by atoms with E-state index < -0.39 is 0 Å². The summed E-state index contributed by atoms with van der Waals surface area (Å²) in [5.41, 5.74) is 0.434. The van der Waals surface area contributed by atoms with E-state index in [0.29, 0.717) is 29.4 Å². The van der Waals surface area contributed by atoms with Crippen LogP contribution in [0.15, 0.2) is 18.2 Å². The zero-order valence-electron chi connectivity index (χ0n) is 14.2.